The maximum atomic E-state index is 12.1. The van der Waals surface area contributed by atoms with Gasteiger partial charge in [0.15, 0.2) is 0 Å². The first-order valence-corrected chi connectivity index (χ1v) is 8.66. The second-order valence-electron chi connectivity index (χ2n) is 7.23. The predicted molar refractivity (Wildman–Crippen MR) is 100 cm³/mol. The van der Waals surface area contributed by atoms with Crippen molar-refractivity contribution in [2.75, 3.05) is 17.2 Å². The molecule has 1 rings (SSSR count). The first-order valence-electron chi connectivity index (χ1n) is 8.66. The van der Waals surface area contributed by atoms with Crippen LogP contribution in [0.15, 0.2) is 18.2 Å². The van der Waals surface area contributed by atoms with Gasteiger partial charge in [0.25, 0.3) is 0 Å². The van der Waals surface area contributed by atoms with Crippen molar-refractivity contribution in [3.05, 3.63) is 23.8 Å². The van der Waals surface area contributed by atoms with Gasteiger partial charge < -0.3 is 16.4 Å². The van der Waals surface area contributed by atoms with Crippen molar-refractivity contribution >= 4 is 23.2 Å². The smallest absolute Gasteiger partial charge is 0.229 e. The fourth-order valence-electron chi connectivity index (χ4n) is 2.15. The summed E-state index contributed by atoms with van der Waals surface area (Å²) in [7, 11) is 0. The van der Waals surface area contributed by atoms with E-state index in [4.69, 9.17) is 5.73 Å². The number of amides is 2. The predicted octanol–water partition coefficient (Wildman–Crippen LogP) is 3.83. The van der Waals surface area contributed by atoms with Crippen molar-refractivity contribution in [2.45, 2.75) is 59.8 Å². The van der Waals surface area contributed by atoms with Crippen LogP contribution in [0.25, 0.3) is 0 Å². The molecule has 24 heavy (non-hydrogen) atoms. The van der Waals surface area contributed by atoms with Gasteiger partial charge in [-0.3, -0.25) is 9.59 Å². The summed E-state index contributed by atoms with van der Waals surface area (Å²) < 4.78 is 0. The van der Waals surface area contributed by atoms with Gasteiger partial charge in [-0.05, 0) is 44.0 Å². The molecule has 0 saturated carbocycles. The van der Waals surface area contributed by atoms with Gasteiger partial charge in [0.2, 0.25) is 11.8 Å². The minimum Gasteiger partial charge on any atom is -0.330 e. The Morgan fingerprint density at radius 1 is 1.04 bits per heavy atom. The number of anilines is 2. The largest absolute Gasteiger partial charge is 0.330 e. The monoisotopic (exact) mass is 333 g/mol. The van der Waals surface area contributed by atoms with Crippen molar-refractivity contribution in [3.8, 4) is 0 Å². The van der Waals surface area contributed by atoms with Crippen molar-refractivity contribution in [3.63, 3.8) is 0 Å². The molecule has 0 saturated heterocycles. The minimum atomic E-state index is -0.463. The molecule has 0 aliphatic heterocycles. The third-order valence-corrected chi connectivity index (χ3v) is 3.81. The van der Waals surface area contributed by atoms with E-state index >= 15 is 0 Å². The van der Waals surface area contributed by atoms with E-state index in [-0.39, 0.29) is 11.8 Å². The van der Waals surface area contributed by atoms with Gasteiger partial charge in [-0.25, -0.2) is 0 Å². The third kappa shape index (κ3) is 7.13. The van der Waals surface area contributed by atoms with Crippen molar-refractivity contribution in [1.82, 2.24) is 0 Å². The van der Waals surface area contributed by atoms with Crippen LogP contribution in [-0.2, 0) is 9.59 Å². The lowest BCUT2D eigenvalue weighted by Crippen LogP contribution is -2.28. The molecule has 134 valence electrons. The molecule has 5 nitrogen and oxygen atoms in total. The first-order chi connectivity index (χ1) is 11.2. The SMILES string of the molecule is Cc1ccc(NC(=O)CCCCCCN)cc1NC(=O)C(C)(C)C. The van der Waals surface area contributed by atoms with E-state index in [1.807, 2.05) is 45.9 Å². The Balaban J connectivity index is 2.59. The molecule has 0 aliphatic rings. The molecule has 0 aliphatic carbocycles. The van der Waals surface area contributed by atoms with Gasteiger partial charge >= 0.3 is 0 Å². The number of benzene rings is 1. The van der Waals surface area contributed by atoms with Crippen molar-refractivity contribution in [2.24, 2.45) is 11.1 Å². The van der Waals surface area contributed by atoms with Crippen LogP contribution in [0.5, 0.6) is 0 Å². The number of nitrogens with two attached hydrogens (primary N) is 1. The summed E-state index contributed by atoms with van der Waals surface area (Å²) in [5.74, 6) is -0.0475. The van der Waals surface area contributed by atoms with Gasteiger partial charge in [-0.1, -0.05) is 39.7 Å². The quantitative estimate of drug-likeness (QED) is 0.632. The number of carbonyl (C=O) groups is 2. The Bertz CT molecular complexity index is 562. The molecule has 5 heteroatoms. The van der Waals surface area contributed by atoms with Crippen molar-refractivity contribution < 1.29 is 9.59 Å². The van der Waals surface area contributed by atoms with Crippen molar-refractivity contribution in [1.29, 1.82) is 0 Å². The lowest BCUT2D eigenvalue weighted by molar-refractivity contribution is -0.123. The highest BCUT2D eigenvalue weighted by Crippen LogP contribution is 2.23. The molecule has 1 aromatic carbocycles. The van der Waals surface area contributed by atoms with Gasteiger partial charge in [0, 0.05) is 23.2 Å². The van der Waals surface area contributed by atoms with Crippen LogP contribution in [0.3, 0.4) is 0 Å². The molecule has 0 heterocycles. The summed E-state index contributed by atoms with van der Waals surface area (Å²) in [6.45, 7) is 8.25. The molecule has 0 spiro atoms. The normalized spacial score (nSPS) is 11.2. The van der Waals surface area contributed by atoms with Crippen LogP contribution in [0.4, 0.5) is 11.4 Å². The molecule has 1 aromatic rings. The summed E-state index contributed by atoms with van der Waals surface area (Å²) in [5, 5.41) is 5.83. The zero-order valence-electron chi connectivity index (χ0n) is 15.4. The zero-order chi connectivity index (χ0) is 18.2. The zero-order valence-corrected chi connectivity index (χ0v) is 15.4. The number of hydrogen-bond acceptors (Lipinski definition) is 3. The van der Waals surface area contributed by atoms with E-state index in [1.165, 1.54) is 0 Å². The lowest BCUT2D eigenvalue weighted by Gasteiger charge is -2.19. The Labute approximate surface area is 145 Å². The fourth-order valence-corrected chi connectivity index (χ4v) is 2.15. The highest BCUT2D eigenvalue weighted by Gasteiger charge is 2.21. The fraction of sp³-hybridized carbons (Fsp3) is 0.579. The van der Waals surface area contributed by atoms with Crippen LogP contribution in [-0.4, -0.2) is 18.4 Å². The molecular weight excluding hydrogens is 302 g/mol. The summed E-state index contributed by atoms with van der Waals surface area (Å²) in [4.78, 5) is 24.1. The van der Waals surface area contributed by atoms with Gasteiger partial charge in [0.1, 0.15) is 0 Å². The maximum absolute atomic E-state index is 12.1. The number of rotatable bonds is 8. The first kappa shape index (κ1) is 20.2. The number of nitrogens with one attached hydrogen (secondary N) is 2. The Kier molecular flexibility index (Phi) is 7.92. The number of carbonyl (C=O) groups excluding carboxylic acids is 2. The Morgan fingerprint density at radius 2 is 1.71 bits per heavy atom. The standard InChI is InChI=1S/C19H31N3O2/c1-14-10-11-15(13-16(14)22-18(24)19(2,3)4)21-17(23)9-7-5-6-8-12-20/h10-11,13H,5-9,12,20H2,1-4H3,(H,21,23)(H,22,24). The highest BCUT2D eigenvalue weighted by atomic mass is 16.2. The Morgan fingerprint density at radius 3 is 2.33 bits per heavy atom. The average Bonchev–Trinajstić information content (AvgIpc) is 2.49. The van der Waals surface area contributed by atoms with Crippen LogP contribution < -0.4 is 16.4 Å². The third-order valence-electron chi connectivity index (χ3n) is 3.81. The van der Waals surface area contributed by atoms with Gasteiger partial charge in [0.05, 0.1) is 0 Å². The van der Waals surface area contributed by atoms with E-state index in [1.54, 1.807) is 0 Å². The van der Waals surface area contributed by atoms with Crippen LogP contribution >= 0.6 is 0 Å². The molecule has 2 amide bonds. The molecule has 0 unspecified atom stereocenters. The van der Waals surface area contributed by atoms with E-state index in [0.29, 0.717) is 18.7 Å². The summed E-state index contributed by atoms with van der Waals surface area (Å²) in [6, 6.07) is 5.56. The lowest BCUT2D eigenvalue weighted by atomic mass is 9.95. The number of hydrogen-bond donors (Lipinski definition) is 3. The number of aryl methyl sites for hydroxylation is 1. The summed E-state index contributed by atoms with van der Waals surface area (Å²) in [5.41, 5.74) is 7.39. The topological polar surface area (TPSA) is 84.2 Å². The second-order valence-corrected chi connectivity index (χ2v) is 7.23. The van der Waals surface area contributed by atoms with E-state index in [2.05, 4.69) is 10.6 Å². The maximum Gasteiger partial charge on any atom is 0.229 e. The van der Waals surface area contributed by atoms with Crippen LogP contribution in [0.1, 0.15) is 58.4 Å². The highest BCUT2D eigenvalue weighted by molar-refractivity contribution is 5.97. The molecule has 0 aromatic heterocycles. The second kappa shape index (κ2) is 9.42. The molecule has 4 N–H and O–H groups in total. The Hall–Kier alpha value is -1.88. The minimum absolute atomic E-state index is 0.000278. The number of unbranched alkanes of at least 4 members (excludes halogenated alkanes) is 3. The molecule has 0 atom stereocenters. The molecule has 0 fully saturated rings. The molecule has 0 radical (unpaired) electrons. The van der Waals surface area contributed by atoms with Crippen LogP contribution in [0.2, 0.25) is 0 Å². The van der Waals surface area contributed by atoms with Gasteiger partial charge in [-0.15, -0.1) is 0 Å². The molecular formula is C19H31N3O2. The summed E-state index contributed by atoms with van der Waals surface area (Å²) in [6.07, 6.45) is 4.46. The summed E-state index contributed by atoms with van der Waals surface area (Å²) >= 11 is 0. The van der Waals surface area contributed by atoms with Gasteiger partial charge in [-0.2, -0.15) is 0 Å². The van der Waals surface area contributed by atoms with E-state index in [0.717, 1.165) is 36.9 Å². The van der Waals surface area contributed by atoms with E-state index < -0.39 is 5.41 Å². The van der Waals surface area contributed by atoms with E-state index in [9.17, 15) is 9.59 Å². The average molecular weight is 333 g/mol. The molecule has 0 bridgehead atoms. The van der Waals surface area contributed by atoms with Crippen LogP contribution in [0, 0.1) is 12.3 Å².